The van der Waals surface area contributed by atoms with Crippen molar-refractivity contribution in [1.29, 1.82) is 0 Å². The Morgan fingerprint density at radius 3 is 1.36 bits per heavy atom. The molecule has 14 nitrogen and oxygen atoms in total. The molecule has 0 bridgehead atoms. The Labute approximate surface area is 435 Å². The van der Waals surface area contributed by atoms with Crippen LogP contribution in [-0.4, -0.2) is 140 Å². The van der Waals surface area contributed by atoms with E-state index in [4.69, 9.17) is 18.9 Å². The molecule has 72 heavy (non-hydrogen) atoms. The van der Waals surface area contributed by atoms with E-state index in [-0.39, 0.29) is 18.9 Å². The van der Waals surface area contributed by atoms with Crippen molar-refractivity contribution in [2.24, 2.45) is 0 Å². The first-order valence-electron chi connectivity index (χ1n) is 28.9. The molecule has 14 heteroatoms. The highest BCUT2D eigenvalue weighted by Gasteiger charge is 2.51. The van der Waals surface area contributed by atoms with Crippen molar-refractivity contribution in [2.75, 3.05) is 19.8 Å². The van der Waals surface area contributed by atoms with Crippen molar-refractivity contribution in [3.05, 3.63) is 48.6 Å². The molecule has 2 fully saturated rings. The van der Waals surface area contributed by atoms with Gasteiger partial charge in [0.1, 0.15) is 48.8 Å². The molecule has 420 valence electrons. The van der Waals surface area contributed by atoms with Gasteiger partial charge in [0.15, 0.2) is 12.6 Å². The first kappa shape index (κ1) is 66.1. The molecule has 12 unspecified atom stereocenters. The first-order valence-corrected chi connectivity index (χ1v) is 28.9. The van der Waals surface area contributed by atoms with Crippen molar-refractivity contribution in [1.82, 2.24) is 5.32 Å². The van der Waals surface area contributed by atoms with Crippen LogP contribution >= 0.6 is 0 Å². The lowest BCUT2D eigenvalue weighted by Gasteiger charge is -2.46. The van der Waals surface area contributed by atoms with E-state index in [2.05, 4.69) is 55.6 Å². The molecule has 12 atom stereocenters. The summed E-state index contributed by atoms with van der Waals surface area (Å²) in [6.45, 7) is 2.77. The van der Waals surface area contributed by atoms with E-state index in [0.29, 0.717) is 12.8 Å². The molecule has 0 saturated carbocycles. The van der Waals surface area contributed by atoms with E-state index >= 15 is 0 Å². The third-order valence-electron chi connectivity index (χ3n) is 14.0. The minimum Gasteiger partial charge on any atom is -0.394 e. The molecular formula is C58H105NO13. The molecule has 0 aromatic carbocycles. The average molecular weight is 1020 g/mol. The first-order chi connectivity index (χ1) is 35.1. The van der Waals surface area contributed by atoms with Crippen molar-refractivity contribution in [3.63, 3.8) is 0 Å². The van der Waals surface area contributed by atoms with Crippen LogP contribution in [0, 0.1) is 0 Å². The van der Waals surface area contributed by atoms with Gasteiger partial charge in [-0.15, -0.1) is 0 Å². The lowest BCUT2D eigenvalue weighted by atomic mass is 9.97. The van der Waals surface area contributed by atoms with Crippen molar-refractivity contribution >= 4 is 5.91 Å². The Hall–Kier alpha value is -2.05. The summed E-state index contributed by atoms with van der Waals surface area (Å²) in [7, 11) is 0. The molecule has 2 aliphatic rings. The van der Waals surface area contributed by atoms with Crippen LogP contribution in [0.4, 0.5) is 0 Å². The lowest BCUT2D eigenvalue weighted by Crippen LogP contribution is -2.65. The molecule has 2 aliphatic heterocycles. The van der Waals surface area contributed by atoms with E-state index < -0.39 is 86.8 Å². The molecule has 0 spiro atoms. The standard InChI is InChI=1S/C58H105NO13/c1-3-5-7-9-11-13-15-17-19-21-22-23-24-26-27-29-31-33-35-37-39-41-47(62)46(59-50(63)42-40-38-36-34-32-30-28-25-20-18-16-14-12-10-8-6-4-2)45-69-57-55(68)53(66)56(49(44-61)71-57)72-58-54(67)52(65)51(64)48(43-60)70-58/h18,20,24,26,31,33,39,41,46-49,51-58,60-62,64-68H,3-17,19,21-23,25,27-30,32,34-38,40,42-45H2,1-2H3,(H,59,63)/b20-18-,26-24+,33-31+,41-39+. The second-order valence-corrected chi connectivity index (χ2v) is 20.4. The Kier molecular flexibility index (Phi) is 40.5. The van der Waals surface area contributed by atoms with Crippen LogP contribution in [0.1, 0.15) is 219 Å². The SMILES string of the molecule is CCCCCCCC/C=C\CCCCCCCCCC(=O)NC(COC1OC(CO)C(OC2OC(CO)C(O)C(O)C2O)C(O)C1O)C(O)/C=C/CC/C=C/CC/C=C/CCCCCCCCCCCCC. The van der Waals surface area contributed by atoms with E-state index in [1.165, 1.54) is 135 Å². The fourth-order valence-electron chi connectivity index (χ4n) is 9.26. The zero-order valence-electron chi connectivity index (χ0n) is 44.9. The molecule has 0 aromatic rings. The van der Waals surface area contributed by atoms with Crippen LogP contribution in [0.2, 0.25) is 0 Å². The van der Waals surface area contributed by atoms with Crippen LogP contribution < -0.4 is 5.32 Å². The number of aliphatic hydroxyl groups is 8. The summed E-state index contributed by atoms with van der Waals surface area (Å²) in [5.41, 5.74) is 0. The fraction of sp³-hybridized carbons (Fsp3) is 0.845. The van der Waals surface area contributed by atoms with Crippen LogP contribution in [0.25, 0.3) is 0 Å². The van der Waals surface area contributed by atoms with Crippen LogP contribution in [0.3, 0.4) is 0 Å². The number of nitrogens with one attached hydrogen (secondary N) is 1. The van der Waals surface area contributed by atoms with Gasteiger partial charge in [0.05, 0.1) is 32.0 Å². The summed E-state index contributed by atoms with van der Waals surface area (Å²) in [4.78, 5) is 13.2. The van der Waals surface area contributed by atoms with E-state index in [0.717, 1.165) is 51.4 Å². The number of aliphatic hydroxyl groups excluding tert-OH is 8. The smallest absolute Gasteiger partial charge is 0.220 e. The van der Waals surface area contributed by atoms with Gasteiger partial charge in [-0.05, 0) is 70.6 Å². The number of amides is 1. The summed E-state index contributed by atoms with van der Waals surface area (Å²) in [5.74, 6) is -0.258. The van der Waals surface area contributed by atoms with Crippen molar-refractivity contribution in [2.45, 2.75) is 293 Å². The summed E-state index contributed by atoms with van der Waals surface area (Å²) in [6.07, 6.45) is 37.2. The molecular weight excluding hydrogens is 919 g/mol. The normalized spacial score (nSPS) is 25.9. The maximum atomic E-state index is 13.2. The van der Waals surface area contributed by atoms with Gasteiger partial charge in [-0.2, -0.15) is 0 Å². The number of allylic oxidation sites excluding steroid dienone is 7. The molecule has 2 heterocycles. The topological polar surface area (TPSA) is 228 Å². The Morgan fingerprint density at radius 2 is 0.889 bits per heavy atom. The lowest BCUT2D eigenvalue weighted by molar-refractivity contribution is -0.359. The third-order valence-corrected chi connectivity index (χ3v) is 14.0. The highest BCUT2D eigenvalue weighted by atomic mass is 16.7. The predicted molar refractivity (Wildman–Crippen MR) is 286 cm³/mol. The zero-order valence-corrected chi connectivity index (χ0v) is 44.9. The Balaban J connectivity index is 1.82. The van der Waals surface area contributed by atoms with E-state index in [1.54, 1.807) is 6.08 Å². The van der Waals surface area contributed by atoms with Gasteiger partial charge < -0.3 is 65.1 Å². The number of hydrogen-bond acceptors (Lipinski definition) is 13. The molecule has 2 rings (SSSR count). The highest BCUT2D eigenvalue weighted by molar-refractivity contribution is 5.76. The summed E-state index contributed by atoms with van der Waals surface area (Å²) < 4.78 is 22.7. The van der Waals surface area contributed by atoms with Crippen molar-refractivity contribution in [3.8, 4) is 0 Å². The van der Waals surface area contributed by atoms with Gasteiger partial charge >= 0.3 is 0 Å². The van der Waals surface area contributed by atoms with Gasteiger partial charge in [0.2, 0.25) is 5.91 Å². The summed E-state index contributed by atoms with van der Waals surface area (Å²) in [6, 6.07) is -0.940. The predicted octanol–water partition coefficient (Wildman–Crippen LogP) is 9.22. The fourth-order valence-corrected chi connectivity index (χ4v) is 9.26. The summed E-state index contributed by atoms with van der Waals surface area (Å²) in [5, 5.41) is 87.0. The largest absolute Gasteiger partial charge is 0.394 e. The van der Waals surface area contributed by atoms with E-state index in [9.17, 15) is 45.6 Å². The summed E-state index contributed by atoms with van der Waals surface area (Å²) >= 11 is 0. The Morgan fingerprint density at radius 1 is 0.486 bits per heavy atom. The molecule has 0 aliphatic carbocycles. The van der Waals surface area contributed by atoms with E-state index in [1.807, 2.05) is 6.08 Å². The number of rotatable bonds is 45. The van der Waals surface area contributed by atoms with Crippen LogP contribution in [0.5, 0.6) is 0 Å². The highest BCUT2D eigenvalue weighted by Crippen LogP contribution is 2.30. The number of carbonyl (C=O) groups excluding carboxylic acids is 1. The quantitative estimate of drug-likeness (QED) is 0.0205. The van der Waals surface area contributed by atoms with Crippen molar-refractivity contribution < 1.29 is 64.6 Å². The molecule has 2 saturated heterocycles. The second kappa shape index (κ2) is 44.1. The second-order valence-electron chi connectivity index (χ2n) is 20.4. The molecule has 0 aromatic heterocycles. The monoisotopic (exact) mass is 1020 g/mol. The minimum absolute atomic E-state index is 0.258. The number of carbonyl (C=O) groups is 1. The maximum Gasteiger partial charge on any atom is 0.220 e. The zero-order chi connectivity index (χ0) is 52.4. The third kappa shape index (κ3) is 29.9. The van der Waals surface area contributed by atoms with Gasteiger partial charge in [-0.3, -0.25) is 4.79 Å². The molecule has 1 amide bonds. The Bertz CT molecular complexity index is 1390. The molecule has 0 radical (unpaired) electrons. The van der Waals surface area contributed by atoms with Crippen LogP contribution in [0.15, 0.2) is 48.6 Å². The van der Waals surface area contributed by atoms with Gasteiger partial charge in [0, 0.05) is 6.42 Å². The number of hydrogen-bond donors (Lipinski definition) is 9. The van der Waals surface area contributed by atoms with Gasteiger partial charge in [-0.1, -0.05) is 191 Å². The van der Waals surface area contributed by atoms with Crippen LogP contribution in [-0.2, 0) is 23.7 Å². The van der Waals surface area contributed by atoms with Gasteiger partial charge in [-0.25, -0.2) is 0 Å². The average Bonchev–Trinajstić information content (AvgIpc) is 3.38. The molecule has 9 N–H and O–H groups in total. The maximum absolute atomic E-state index is 13.2. The van der Waals surface area contributed by atoms with Gasteiger partial charge in [0.25, 0.3) is 0 Å². The number of ether oxygens (including phenoxy) is 4. The number of unbranched alkanes of at least 4 members (excludes halogenated alkanes) is 26. The minimum atomic E-state index is -1.79.